The van der Waals surface area contributed by atoms with Crippen molar-refractivity contribution >= 4 is 12.6 Å². The van der Waals surface area contributed by atoms with Gasteiger partial charge in [-0.3, -0.25) is 0 Å². The molecule has 0 aliphatic heterocycles. The van der Waals surface area contributed by atoms with Crippen molar-refractivity contribution in [1.29, 1.82) is 0 Å². The molecule has 1 rings (SSSR count). The maximum Gasteiger partial charge on any atom is 0.152 e. The van der Waals surface area contributed by atoms with Gasteiger partial charge in [0.15, 0.2) is 5.76 Å². The Labute approximate surface area is 85.1 Å². The van der Waals surface area contributed by atoms with Crippen LogP contribution in [0.1, 0.15) is 46.1 Å². The van der Waals surface area contributed by atoms with Gasteiger partial charge in [0.05, 0.1) is 10.4 Å². The average Bonchev–Trinajstić information content (AvgIpc) is 2.28. The second-order valence-corrected chi connectivity index (χ2v) is 6.00. The molecule has 1 aromatic rings. The Morgan fingerprint density at radius 2 is 1.77 bits per heavy atom. The van der Waals surface area contributed by atoms with Gasteiger partial charge >= 0.3 is 0 Å². The van der Waals surface area contributed by atoms with Crippen molar-refractivity contribution in [3.8, 4) is 0 Å². The van der Waals surface area contributed by atoms with Crippen molar-refractivity contribution in [3.05, 3.63) is 17.5 Å². The second-order valence-electron chi connectivity index (χ2n) is 4.89. The van der Waals surface area contributed by atoms with Crippen molar-refractivity contribution in [2.24, 2.45) is 0 Å². The van der Waals surface area contributed by atoms with Crippen molar-refractivity contribution in [1.82, 2.24) is 5.16 Å². The van der Waals surface area contributed by atoms with Crippen LogP contribution in [0.2, 0.25) is 0 Å². The molecule has 1 heterocycles. The van der Waals surface area contributed by atoms with Gasteiger partial charge in [0.2, 0.25) is 0 Å². The number of aromatic nitrogens is 1. The predicted molar refractivity (Wildman–Crippen MR) is 57.2 cm³/mol. The molecular weight excluding hydrogens is 182 g/mol. The zero-order chi connectivity index (χ0) is 10.3. The number of thiol groups is 1. The summed E-state index contributed by atoms with van der Waals surface area (Å²) in [5.74, 6) is 0.820. The van der Waals surface area contributed by atoms with E-state index in [-0.39, 0.29) is 10.2 Å². The van der Waals surface area contributed by atoms with E-state index < -0.39 is 0 Å². The van der Waals surface area contributed by atoms with Crippen molar-refractivity contribution in [3.63, 3.8) is 0 Å². The minimum atomic E-state index is -0.253. The number of hydrogen-bond acceptors (Lipinski definition) is 3. The highest BCUT2D eigenvalue weighted by atomic mass is 32.1. The molecule has 0 fully saturated rings. The normalized spacial score (nSPS) is 13.4. The molecular formula is C10H17NOS. The highest BCUT2D eigenvalue weighted by Crippen LogP contribution is 2.30. The fourth-order valence-corrected chi connectivity index (χ4v) is 1.02. The van der Waals surface area contributed by atoms with E-state index in [1.807, 2.05) is 19.9 Å². The van der Waals surface area contributed by atoms with Crippen LogP contribution in [0.4, 0.5) is 0 Å². The van der Waals surface area contributed by atoms with E-state index >= 15 is 0 Å². The molecule has 0 unspecified atom stereocenters. The van der Waals surface area contributed by atoms with Crippen LogP contribution in [0.25, 0.3) is 0 Å². The molecule has 0 atom stereocenters. The molecule has 2 nitrogen and oxygen atoms in total. The largest absolute Gasteiger partial charge is 0.360 e. The fourth-order valence-electron chi connectivity index (χ4n) is 0.917. The average molecular weight is 199 g/mol. The molecule has 13 heavy (non-hydrogen) atoms. The summed E-state index contributed by atoms with van der Waals surface area (Å²) in [6.07, 6.45) is 0. The lowest BCUT2D eigenvalue weighted by Crippen LogP contribution is -2.11. The summed E-state index contributed by atoms with van der Waals surface area (Å²) in [5, 5.41) is 4.03. The monoisotopic (exact) mass is 199 g/mol. The lowest BCUT2D eigenvalue weighted by atomic mass is 9.91. The molecule has 0 N–H and O–H groups in total. The molecule has 0 radical (unpaired) electrons. The SMILES string of the molecule is CC(C)(C)c1cc(C(C)(C)S)on1. The first-order chi connectivity index (χ1) is 5.71. The van der Waals surface area contributed by atoms with Crippen molar-refractivity contribution in [2.45, 2.75) is 44.8 Å². The highest BCUT2D eigenvalue weighted by Gasteiger charge is 2.25. The fraction of sp³-hybridized carbons (Fsp3) is 0.700. The van der Waals surface area contributed by atoms with Crippen LogP contribution in [-0.2, 0) is 10.2 Å². The topological polar surface area (TPSA) is 26.0 Å². The zero-order valence-corrected chi connectivity index (χ0v) is 9.77. The molecule has 0 aliphatic rings. The quantitative estimate of drug-likeness (QED) is 0.703. The third kappa shape index (κ3) is 2.50. The summed E-state index contributed by atoms with van der Waals surface area (Å²) in [6.45, 7) is 10.3. The first-order valence-electron chi connectivity index (χ1n) is 4.41. The molecule has 74 valence electrons. The van der Waals surface area contributed by atoms with Gasteiger partial charge < -0.3 is 4.52 Å². The van der Waals surface area contributed by atoms with Crippen LogP contribution in [0.5, 0.6) is 0 Å². The van der Waals surface area contributed by atoms with Gasteiger partial charge in [-0.25, -0.2) is 0 Å². The number of hydrogen-bond donors (Lipinski definition) is 1. The van der Waals surface area contributed by atoms with Crippen LogP contribution in [0.15, 0.2) is 10.6 Å². The van der Waals surface area contributed by atoms with E-state index in [4.69, 9.17) is 4.52 Å². The molecule has 0 aliphatic carbocycles. The van der Waals surface area contributed by atoms with Crippen LogP contribution in [0.3, 0.4) is 0 Å². The third-order valence-corrected chi connectivity index (χ3v) is 2.10. The molecule has 0 aromatic carbocycles. The Morgan fingerprint density at radius 3 is 2.00 bits per heavy atom. The Balaban J connectivity index is 3.01. The Hall–Kier alpha value is -0.440. The molecule has 0 spiro atoms. The van der Waals surface area contributed by atoms with Crippen LogP contribution in [-0.4, -0.2) is 5.16 Å². The van der Waals surface area contributed by atoms with Gasteiger partial charge in [-0.2, -0.15) is 12.6 Å². The van der Waals surface area contributed by atoms with Gasteiger partial charge in [0.25, 0.3) is 0 Å². The summed E-state index contributed by atoms with van der Waals surface area (Å²) in [7, 11) is 0. The lowest BCUT2D eigenvalue weighted by Gasteiger charge is -2.14. The summed E-state index contributed by atoms with van der Waals surface area (Å²) < 4.78 is 4.98. The number of nitrogens with zero attached hydrogens (tertiary/aromatic N) is 1. The van der Waals surface area contributed by atoms with Crippen molar-refractivity contribution in [2.75, 3.05) is 0 Å². The second kappa shape index (κ2) is 3.05. The molecule has 0 amide bonds. The summed E-state index contributed by atoms with van der Waals surface area (Å²) >= 11 is 4.42. The molecule has 1 aromatic heterocycles. The summed E-state index contributed by atoms with van der Waals surface area (Å²) in [6, 6.07) is 1.98. The third-order valence-electron chi connectivity index (χ3n) is 1.88. The minimum Gasteiger partial charge on any atom is -0.360 e. The van der Waals surface area contributed by atoms with Gasteiger partial charge in [-0.1, -0.05) is 25.9 Å². The van der Waals surface area contributed by atoms with E-state index in [9.17, 15) is 0 Å². The van der Waals surface area contributed by atoms with Gasteiger partial charge in [-0.05, 0) is 13.8 Å². The summed E-state index contributed by atoms with van der Waals surface area (Å²) in [5.41, 5.74) is 1.02. The highest BCUT2D eigenvalue weighted by molar-refractivity contribution is 7.81. The first-order valence-corrected chi connectivity index (χ1v) is 4.86. The maximum absolute atomic E-state index is 5.23. The zero-order valence-electron chi connectivity index (χ0n) is 8.88. The number of rotatable bonds is 1. The van der Waals surface area contributed by atoms with Crippen molar-refractivity contribution < 1.29 is 4.52 Å². The van der Waals surface area contributed by atoms with Crippen LogP contribution >= 0.6 is 12.6 Å². The molecule has 0 saturated carbocycles. The molecule has 0 bridgehead atoms. The van der Waals surface area contributed by atoms with Gasteiger partial charge in [-0.15, -0.1) is 0 Å². The smallest absolute Gasteiger partial charge is 0.152 e. The molecule has 3 heteroatoms. The van der Waals surface area contributed by atoms with Gasteiger partial charge in [0, 0.05) is 11.5 Å². The van der Waals surface area contributed by atoms with E-state index in [1.165, 1.54) is 0 Å². The summed E-state index contributed by atoms with van der Waals surface area (Å²) in [4.78, 5) is 0. The standard InChI is InChI=1S/C10H17NOS/c1-9(2,3)7-6-8(12-11-7)10(4,5)13/h6,13H,1-5H3. The maximum atomic E-state index is 5.23. The van der Waals surface area contributed by atoms with E-state index in [2.05, 4.69) is 38.6 Å². The van der Waals surface area contributed by atoms with Crippen LogP contribution in [0, 0.1) is 0 Å². The minimum absolute atomic E-state index is 0.0424. The Kier molecular flexibility index (Phi) is 2.50. The Morgan fingerprint density at radius 1 is 1.23 bits per heavy atom. The van der Waals surface area contributed by atoms with E-state index in [0.29, 0.717) is 0 Å². The van der Waals surface area contributed by atoms with Crippen LogP contribution < -0.4 is 0 Å². The molecule has 0 saturated heterocycles. The first kappa shape index (κ1) is 10.6. The van der Waals surface area contributed by atoms with E-state index in [0.717, 1.165) is 11.5 Å². The Bertz CT molecular complexity index is 262. The van der Waals surface area contributed by atoms with Gasteiger partial charge in [0.1, 0.15) is 0 Å². The van der Waals surface area contributed by atoms with E-state index in [1.54, 1.807) is 0 Å². The lowest BCUT2D eigenvalue weighted by molar-refractivity contribution is 0.347. The predicted octanol–water partition coefficient (Wildman–Crippen LogP) is 3.14.